The van der Waals surface area contributed by atoms with E-state index in [0.29, 0.717) is 75.4 Å². The van der Waals surface area contributed by atoms with Crippen molar-refractivity contribution in [2.24, 2.45) is 5.92 Å². The summed E-state index contributed by atoms with van der Waals surface area (Å²) in [4.78, 5) is 70.3. The highest BCUT2D eigenvalue weighted by molar-refractivity contribution is 6.25. The topological polar surface area (TPSA) is 137 Å². The quantitative estimate of drug-likeness (QED) is 0.374. The van der Waals surface area contributed by atoms with Gasteiger partial charge in [-0.2, -0.15) is 5.10 Å². The number of fused-ring (bicyclic) bond motifs is 1. The second kappa shape index (κ2) is 13.1. The lowest BCUT2D eigenvalue weighted by Gasteiger charge is -2.37. The van der Waals surface area contributed by atoms with E-state index in [1.807, 2.05) is 51.0 Å². The number of allylic oxidation sites excluding steroid dienone is 1. The summed E-state index contributed by atoms with van der Waals surface area (Å²) in [5.41, 5.74) is 3.27. The number of benzene rings is 2. The maximum Gasteiger partial charge on any atom is 0.264 e. The van der Waals surface area contributed by atoms with E-state index in [1.54, 1.807) is 24.4 Å². The molecule has 1 aromatic heterocycles. The zero-order valence-corrected chi connectivity index (χ0v) is 26.8. The van der Waals surface area contributed by atoms with Gasteiger partial charge in [-0.25, -0.2) is 0 Å². The Labute approximate surface area is 278 Å². The predicted octanol–water partition coefficient (Wildman–Crippen LogP) is 3.60. The van der Waals surface area contributed by atoms with Crippen molar-refractivity contribution in [1.29, 1.82) is 0 Å². The Kier molecular flexibility index (Phi) is 8.55. The van der Waals surface area contributed by atoms with E-state index in [0.717, 1.165) is 23.3 Å². The van der Waals surface area contributed by atoms with Gasteiger partial charge >= 0.3 is 0 Å². The molecule has 3 fully saturated rings. The number of aromatic nitrogens is 2. The van der Waals surface area contributed by atoms with Crippen molar-refractivity contribution in [3.05, 3.63) is 95.5 Å². The van der Waals surface area contributed by atoms with Crippen LogP contribution in [0.2, 0.25) is 0 Å². The Hall–Kier alpha value is -5.26. The van der Waals surface area contributed by atoms with Crippen LogP contribution < -0.4 is 10.6 Å². The molecular formula is C36H39N7O5. The Morgan fingerprint density at radius 1 is 0.875 bits per heavy atom. The molecule has 5 amide bonds. The van der Waals surface area contributed by atoms with Crippen LogP contribution >= 0.6 is 0 Å². The minimum atomic E-state index is -0.862. The zero-order chi connectivity index (χ0) is 33.4. The normalized spacial score (nSPS) is 20.6. The van der Waals surface area contributed by atoms with Crippen molar-refractivity contribution in [3.8, 4) is 0 Å². The molecule has 4 aliphatic rings. The lowest BCUT2D eigenvalue weighted by molar-refractivity contribution is -0.138. The fraction of sp³-hybridized carbons (Fsp3) is 0.389. The van der Waals surface area contributed by atoms with Crippen LogP contribution in [0.4, 0.5) is 5.69 Å². The summed E-state index contributed by atoms with van der Waals surface area (Å²) in [5, 5.41) is 10.6. The van der Waals surface area contributed by atoms with Gasteiger partial charge in [-0.05, 0) is 62.8 Å². The van der Waals surface area contributed by atoms with Crippen LogP contribution in [0.5, 0.6) is 0 Å². The van der Waals surface area contributed by atoms with Crippen LogP contribution in [0, 0.1) is 5.92 Å². The monoisotopic (exact) mass is 649 g/mol. The third-order valence-electron chi connectivity index (χ3n) is 10.0. The van der Waals surface area contributed by atoms with Gasteiger partial charge in [0.15, 0.2) is 0 Å². The molecule has 0 aliphatic carbocycles. The van der Waals surface area contributed by atoms with E-state index in [4.69, 9.17) is 0 Å². The molecular weight excluding hydrogens is 610 g/mol. The van der Waals surface area contributed by atoms with Crippen molar-refractivity contribution in [2.45, 2.75) is 57.2 Å². The van der Waals surface area contributed by atoms with Crippen LogP contribution in [0.1, 0.15) is 81.2 Å². The van der Waals surface area contributed by atoms with E-state index in [1.165, 1.54) is 0 Å². The number of carbonyl (C=O) groups excluding carboxylic acids is 5. The Morgan fingerprint density at radius 3 is 2.33 bits per heavy atom. The van der Waals surface area contributed by atoms with Crippen LogP contribution in [0.3, 0.4) is 0 Å². The van der Waals surface area contributed by atoms with Crippen LogP contribution in [-0.4, -0.2) is 86.2 Å². The first-order valence-corrected chi connectivity index (χ1v) is 16.7. The summed E-state index contributed by atoms with van der Waals surface area (Å²) in [6, 6.07) is 13.7. The second-order valence-electron chi connectivity index (χ2n) is 13.0. The molecule has 5 heterocycles. The second-order valence-corrected chi connectivity index (χ2v) is 13.0. The van der Waals surface area contributed by atoms with Gasteiger partial charge in [0.25, 0.3) is 17.7 Å². The van der Waals surface area contributed by atoms with E-state index >= 15 is 0 Å². The number of anilines is 1. The van der Waals surface area contributed by atoms with E-state index in [-0.39, 0.29) is 34.9 Å². The Bertz CT molecular complexity index is 1770. The average Bonchev–Trinajstić information content (AvgIpc) is 3.70. The molecule has 3 aromatic rings. The number of imide groups is 1. The van der Waals surface area contributed by atoms with Crippen LogP contribution in [-0.2, 0) is 16.1 Å². The average molecular weight is 650 g/mol. The molecule has 0 spiro atoms. The van der Waals surface area contributed by atoms with E-state index in [9.17, 15) is 24.0 Å². The first kappa shape index (κ1) is 31.3. The molecule has 3 saturated heterocycles. The molecule has 248 valence electrons. The molecule has 48 heavy (non-hydrogen) atoms. The summed E-state index contributed by atoms with van der Waals surface area (Å²) >= 11 is 0. The van der Waals surface area contributed by atoms with Gasteiger partial charge in [0.05, 0.1) is 23.4 Å². The van der Waals surface area contributed by atoms with Crippen LogP contribution in [0.25, 0.3) is 0 Å². The van der Waals surface area contributed by atoms with Gasteiger partial charge < -0.3 is 20.4 Å². The van der Waals surface area contributed by atoms with E-state index in [2.05, 4.69) is 22.3 Å². The van der Waals surface area contributed by atoms with E-state index < -0.39 is 23.8 Å². The van der Waals surface area contributed by atoms with Gasteiger partial charge in [0.1, 0.15) is 6.04 Å². The highest BCUT2D eigenvalue weighted by atomic mass is 16.2. The van der Waals surface area contributed by atoms with Crippen LogP contribution in [0.15, 0.2) is 73.2 Å². The van der Waals surface area contributed by atoms with Gasteiger partial charge in [-0.15, -0.1) is 0 Å². The molecule has 2 N–H and O–H groups in total. The highest BCUT2D eigenvalue weighted by Gasteiger charge is 2.45. The molecule has 7 rings (SSSR count). The molecule has 2 aromatic carbocycles. The number of rotatable bonds is 7. The van der Waals surface area contributed by atoms with Gasteiger partial charge in [0.2, 0.25) is 11.8 Å². The number of hydrogen-bond acceptors (Lipinski definition) is 7. The van der Waals surface area contributed by atoms with Crippen molar-refractivity contribution in [1.82, 2.24) is 29.8 Å². The third kappa shape index (κ3) is 5.98. The maximum absolute atomic E-state index is 13.4. The summed E-state index contributed by atoms with van der Waals surface area (Å²) in [7, 11) is 0. The highest BCUT2D eigenvalue weighted by Crippen LogP contribution is 2.33. The number of piperidine rings is 3. The third-order valence-corrected chi connectivity index (χ3v) is 10.0. The molecule has 4 aliphatic heterocycles. The fourth-order valence-electron chi connectivity index (χ4n) is 7.31. The fourth-order valence-corrected chi connectivity index (χ4v) is 7.31. The number of likely N-dealkylation sites (tertiary alicyclic amines) is 2. The lowest BCUT2D eigenvalue weighted by atomic mass is 9.93. The Balaban J connectivity index is 0.909. The summed E-state index contributed by atoms with van der Waals surface area (Å²) in [6.07, 6.45) is 7.59. The summed E-state index contributed by atoms with van der Waals surface area (Å²) in [5.74, 6) is -1.19. The number of hydrogen-bond donors (Lipinski definition) is 2. The predicted molar refractivity (Wildman–Crippen MR) is 177 cm³/mol. The molecule has 0 saturated carbocycles. The Morgan fingerprint density at radius 2 is 1.60 bits per heavy atom. The summed E-state index contributed by atoms with van der Waals surface area (Å²) < 4.78 is 1.95. The smallest absolute Gasteiger partial charge is 0.264 e. The molecule has 1 atom stereocenters. The number of nitrogens with one attached hydrogen (secondary N) is 2. The van der Waals surface area contributed by atoms with Gasteiger partial charge in [-0.1, -0.05) is 30.8 Å². The SMILES string of the molecule is C=C1CCC(N2C(=O)c3cccc(NCc4cnn(C5CCN(C(=O)C6CCN(C(=O)c7ccccc7)CC6)CC5)c4)c3C2=O)C(=O)N1. The van der Waals surface area contributed by atoms with Crippen molar-refractivity contribution >= 4 is 35.2 Å². The van der Waals surface area contributed by atoms with Gasteiger partial charge in [0, 0.05) is 67.3 Å². The zero-order valence-electron chi connectivity index (χ0n) is 26.8. The largest absolute Gasteiger partial charge is 0.380 e. The lowest BCUT2D eigenvalue weighted by Crippen LogP contribution is -2.51. The van der Waals surface area contributed by atoms with Gasteiger partial charge in [-0.3, -0.25) is 33.6 Å². The van der Waals surface area contributed by atoms with Crippen molar-refractivity contribution < 1.29 is 24.0 Å². The maximum atomic E-state index is 13.4. The molecule has 1 unspecified atom stereocenters. The number of amides is 5. The molecule has 12 nitrogen and oxygen atoms in total. The number of nitrogens with zero attached hydrogens (tertiary/aromatic N) is 5. The first-order chi connectivity index (χ1) is 23.3. The minimum Gasteiger partial charge on any atom is -0.380 e. The molecule has 0 bridgehead atoms. The minimum absolute atomic E-state index is 0.0243. The number of carbonyl (C=O) groups is 5. The van der Waals surface area contributed by atoms with Crippen molar-refractivity contribution in [3.63, 3.8) is 0 Å². The summed E-state index contributed by atoms with van der Waals surface area (Å²) in [6.45, 7) is 6.68. The molecule has 12 heteroatoms. The first-order valence-electron chi connectivity index (χ1n) is 16.7. The van der Waals surface area contributed by atoms with Crippen molar-refractivity contribution in [2.75, 3.05) is 31.5 Å². The standard InChI is InChI=1S/C36H39N7O5/c1-23-10-11-30(32(44)39-23)43-35(47)28-8-5-9-29(31(28)36(43)48)37-20-24-21-38-42(22-24)27-14-18-41(19-15-27)34(46)26-12-16-40(17-13-26)33(45)25-6-3-2-4-7-25/h2-9,21-22,26-27,30,37H,1,10-20H2,(H,39,44). The molecule has 0 radical (unpaired) electrons.